The fraction of sp³-hybridized carbons (Fsp3) is 0.136. The van der Waals surface area contributed by atoms with Crippen LogP contribution in [0, 0.1) is 0 Å². The SMILES string of the molecule is CC.CN1c2ccccc2-c2nc3ccc(Cl)cc3c3cccc1c23. The molecule has 4 aromatic rings. The van der Waals surface area contributed by atoms with Crippen LogP contribution >= 0.6 is 11.6 Å². The number of hydrogen-bond donors (Lipinski definition) is 0. The van der Waals surface area contributed by atoms with Gasteiger partial charge in [-0.3, -0.25) is 0 Å². The van der Waals surface area contributed by atoms with Gasteiger partial charge in [0.1, 0.15) is 0 Å². The van der Waals surface area contributed by atoms with Crippen molar-refractivity contribution >= 4 is 44.7 Å². The van der Waals surface area contributed by atoms with E-state index in [0.717, 1.165) is 21.6 Å². The Morgan fingerprint density at radius 2 is 1.60 bits per heavy atom. The molecular weight excluding hydrogens is 328 g/mol. The van der Waals surface area contributed by atoms with E-state index >= 15 is 0 Å². The molecule has 0 saturated carbocycles. The van der Waals surface area contributed by atoms with Crippen LogP contribution in [0.15, 0.2) is 60.7 Å². The Bertz CT molecular complexity index is 1100. The summed E-state index contributed by atoms with van der Waals surface area (Å²) in [5.74, 6) is 0. The minimum Gasteiger partial charge on any atom is -0.343 e. The van der Waals surface area contributed by atoms with Crippen molar-refractivity contribution in [2.24, 2.45) is 0 Å². The Kier molecular flexibility index (Phi) is 3.85. The fourth-order valence-electron chi connectivity index (χ4n) is 3.58. The van der Waals surface area contributed by atoms with E-state index in [-0.39, 0.29) is 0 Å². The number of hydrogen-bond acceptors (Lipinski definition) is 2. The van der Waals surface area contributed by atoms with Crippen LogP contribution in [0.1, 0.15) is 13.8 Å². The van der Waals surface area contributed by atoms with E-state index in [2.05, 4.69) is 54.4 Å². The fourth-order valence-corrected chi connectivity index (χ4v) is 3.75. The van der Waals surface area contributed by atoms with Gasteiger partial charge in [-0.25, -0.2) is 4.98 Å². The van der Waals surface area contributed by atoms with E-state index < -0.39 is 0 Å². The molecule has 3 aromatic carbocycles. The van der Waals surface area contributed by atoms with E-state index in [4.69, 9.17) is 16.6 Å². The summed E-state index contributed by atoms with van der Waals surface area (Å²) in [5, 5.41) is 4.24. The standard InChI is InChI=1S/C20H13ClN2.C2H6/c1-23-17-7-3-2-5-14(17)20-19-13(6-4-8-18(19)23)15-11-12(21)9-10-16(15)22-20;1-2/h2-11H,1H3;1-2H3. The summed E-state index contributed by atoms with van der Waals surface area (Å²) >= 11 is 6.22. The average Bonchev–Trinajstić information content (AvgIpc) is 2.67. The molecule has 25 heavy (non-hydrogen) atoms. The Balaban J connectivity index is 0.000000758. The smallest absolute Gasteiger partial charge is 0.0830 e. The molecule has 2 nitrogen and oxygen atoms in total. The number of rotatable bonds is 0. The predicted molar refractivity (Wildman–Crippen MR) is 109 cm³/mol. The predicted octanol–water partition coefficient (Wildman–Crippen LogP) is 6.82. The third kappa shape index (κ3) is 2.29. The molecule has 0 atom stereocenters. The number of aromatic nitrogens is 1. The molecule has 0 N–H and O–H groups in total. The summed E-state index contributed by atoms with van der Waals surface area (Å²) in [7, 11) is 2.11. The van der Waals surface area contributed by atoms with Crippen molar-refractivity contribution in [1.82, 2.24) is 4.98 Å². The molecule has 0 amide bonds. The highest BCUT2D eigenvalue weighted by Gasteiger charge is 2.24. The first-order valence-electron chi connectivity index (χ1n) is 8.59. The number of fused-ring (bicyclic) bond motifs is 4. The Morgan fingerprint density at radius 1 is 0.840 bits per heavy atom. The number of anilines is 2. The first kappa shape index (κ1) is 15.9. The highest BCUT2D eigenvalue weighted by molar-refractivity contribution is 6.32. The van der Waals surface area contributed by atoms with Crippen molar-refractivity contribution < 1.29 is 0 Å². The van der Waals surface area contributed by atoms with Crippen molar-refractivity contribution in [3.63, 3.8) is 0 Å². The first-order valence-corrected chi connectivity index (χ1v) is 8.97. The van der Waals surface area contributed by atoms with Gasteiger partial charge >= 0.3 is 0 Å². The van der Waals surface area contributed by atoms with Crippen LogP contribution in [0.3, 0.4) is 0 Å². The van der Waals surface area contributed by atoms with Gasteiger partial charge in [0.05, 0.1) is 22.6 Å². The number of pyridine rings is 1. The van der Waals surface area contributed by atoms with Crippen molar-refractivity contribution in [3.8, 4) is 11.3 Å². The molecule has 0 saturated heterocycles. The second-order valence-electron chi connectivity index (χ2n) is 5.90. The Labute approximate surface area is 152 Å². The minimum absolute atomic E-state index is 0.740. The zero-order chi connectivity index (χ0) is 17.6. The van der Waals surface area contributed by atoms with E-state index in [1.54, 1.807) is 0 Å². The number of benzene rings is 3. The second-order valence-corrected chi connectivity index (χ2v) is 6.33. The zero-order valence-corrected chi connectivity index (χ0v) is 15.3. The quantitative estimate of drug-likeness (QED) is 0.325. The lowest BCUT2D eigenvalue weighted by Gasteiger charge is -2.30. The Morgan fingerprint density at radius 3 is 2.44 bits per heavy atom. The van der Waals surface area contributed by atoms with Gasteiger partial charge < -0.3 is 4.90 Å². The van der Waals surface area contributed by atoms with Gasteiger partial charge in [0, 0.05) is 28.4 Å². The van der Waals surface area contributed by atoms with Gasteiger partial charge in [-0.1, -0.05) is 55.8 Å². The molecule has 0 radical (unpaired) electrons. The molecule has 1 aromatic heterocycles. The maximum absolute atomic E-state index is 6.22. The number of nitrogens with zero attached hydrogens (tertiary/aromatic N) is 2. The van der Waals surface area contributed by atoms with Gasteiger partial charge in [0.15, 0.2) is 0 Å². The number of halogens is 1. The first-order chi connectivity index (χ1) is 12.2. The maximum atomic E-state index is 6.22. The lowest BCUT2D eigenvalue weighted by atomic mass is 9.94. The van der Waals surface area contributed by atoms with Crippen LogP contribution in [-0.4, -0.2) is 12.0 Å². The van der Waals surface area contributed by atoms with E-state index in [1.807, 2.05) is 32.0 Å². The second kappa shape index (κ2) is 6.05. The zero-order valence-electron chi connectivity index (χ0n) is 14.5. The van der Waals surface area contributed by atoms with Crippen LogP contribution in [0.25, 0.3) is 32.9 Å². The molecule has 0 fully saturated rings. The van der Waals surface area contributed by atoms with Crippen LogP contribution in [0.2, 0.25) is 5.02 Å². The molecule has 0 aliphatic carbocycles. The Hall–Kier alpha value is -2.58. The van der Waals surface area contributed by atoms with Gasteiger partial charge in [-0.05, 0) is 35.7 Å². The minimum atomic E-state index is 0.740. The highest BCUT2D eigenvalue weighted by Crippen LogP contribution is 2.47. The van der Waals surface area contributed by atoms with E-state index in [9.17, 15) is 0 Å². The molecule has 1 aliphatic rings. The molecule has 0 bridgehead atoms. The molecule has 3 heteroatoms. The third-order valence-electron chi connectivity index (χ3n) is 4.64. The van der Waals surface area contributed by atoms with Gasteiger partial charge in [-0.15, -0.1) is 0 Å². The molecule has 0 unspecified atom stereocenters. The summed E-state index contributed by atoms with van der Waals surface area (Å²) in [5.41, 5.74) is 5.59. The summed E-state index contributed by atoms with van der Waals surface area (Å²) in [6.07, 6.45) is 0. The average molecular weight is 347 g/mol. The van der Waals surface area contributed by atoms with Crippen LogP contribution in [-0.2, 0) is 0 Å². The summed E-state index contributed by atoms with van der Waals surface area (Å²) in [4.78, 5) is 7.20. The monoisotopic (exact) mass is 346 g/mol. The van der Waals surface area contributed by atoms with E-state index in [0.29, 0.717) is 0 Å². The third-order valence-corrected chi connectivity index (χ3v) is 4.88. The van der Waals surface area contributed by atoms with Crippen LogP contribution < -0.4 is 4.90 Å². The van der Waals surface area contributed by atoms with Gasteiger partial charge in [-0.2, -0.15) is 0 Å². The molecule has 1 aliphatic heterocycles. The largest absolute Gasteiger partial charge is 0.343 e. The van der Waals surface area contributed by atoms with Crippen molar-refractivity contribution in [1.29, 1.82) is 0 Å². The lowest BCUT2D eigenvalue weighted by molar-refractivity contribution is 1.20. The molecule has 2 heterocycles. The normalized spacial score (nSPS) is 11.9. The van der Waals surface area contributed by atoms with Crippen LogP contribution in [0.4, 0.5) is 11.4 Å². The number of para-hydroxylation sites is 1. The van der Waals surface area contributed by atoms with Crippen LogP contribution in [0.5, 0.6) is 0 Å². The van der Waals surface area contributed by atoms with Gasteiger partial charge in [0.2, 0.25) is 0 Å². The molecular formula is C22H19ClN2. The molecule has 5 rings (SSSR count). The van der Waals surface area contributed by atoms with Crippen molar-refractivity contribution in [2.45, 2.75) is 13.8 Å². The van der Waals surface area contributed by atoms with Gasteiger partial charge in [0.25, 0.3) is 0 Å². The lowest BCUT2D eigenvalue weighted by Crippen LogP contribution is -2.15. The summed E-state index contributed by atoms with van der Waals surface area (Å²) in [6, 6.07) is 20.8. The molecule has 124 valence electrons. The van der Waals surface area contributed by atoms with Crippen molar-refractivity contribution in [2.75, 3.05) is 11.9 Å². The molecule has 0 spiro atoms. The topological polar surface area (TPSA) is 16.1 Å². The van der Waals surface area contributed by atoms with Crippen molar-refractivity contribution in [3.05, 3.63) is 65.7 Å². The maximum Gasteiger partial charge on any atom is 0.0830 e. The highest BCUT2D eigenvalue weighted by atomic mass is 35.5. The summed E-state index contributed by atoms with van der Waals surface area (Å²) in [6.45, 7) is 4.00. The summed E-state index contributed by atoms with van der Waals surface area (Å²) < 4.78 is 0. The van der Waals surface area contributed by atoms with E-state index in [1.165, 1.54) is 27.7 Å².